The molecule has 1 aromatic heterocycles. The van der Waals surface area contributed by atoms with Crippen LogP contribution in [-0.2, 0) is 0 Å². The van der Waals surface area contributed by atoms with Crippen LogP contribution in [-0.4, -0.2) is 22.2 Å². The second-order valence-corrected chi connectivity index (χ2v) is 4.10. The van der Waals surface area contributed by atoms with Crippen LogP contribution in [0.1, 0.15) is 25.3 Å². The third-order valence-corrected chi connectivity index (χ3v) is 2.82. The molecule has 0 fully saturated rings. The van der Waals surface area contributed by atoms with E-state index < -0.39 is 4.92 Å². The van der Waals surface area contributed by atoms with Gasteiger partial charge in [0.15, 0.2) is 5.75 Å². The van der Waals surface area contributed by atoms with E-state index in [1.165, 1.54) is 19.2 Å². The molecule has 0 spiro atoms. The summed E-state index contributed by atoms with van der Waals surface area (Å²) in [6.45, 7) is 1.90. The number of rotatable bonds is 5. The highest BCUT2D eigenvalue weighted by atomic mass is 16.6. The lowest BCUT2D eigenvalue weighted by molar-refractivity contribution is -0.385. The van der Waals surface area contributed by atoms with E-state index in [1.54, 1.807) is 6.07 Å². The Morgan fingerprint density at radius 1 is 1.50 bits per heavy atom. The van der Waals surface area contributed by atoms with Crippen LogP contribution in [0.4, 0.5) is 5.69 Å². The summed E-state index contributed by atoms with van der Waals surface area (Å²) in [6.07, 6.45) is 0.657. The van der Waals surface area contributed by atoms with Crippen molar-refractivity contribution in [2.45, 2.75) is 19.4 Å². The molecule has 1 aromatic carbocycles. The Kier molecular flexibility index (Phi) is 3.94. The van der Waals surface area contributed by atoms with Crippen molar-refractivity contribution in [2.75, 3.05) is 7.11 Å². The summed E-state index contributed by atoms with van der Waals surface area (Å²) in [4.78, 5) is 10.4. The van der Waals surface area contributed by atoms with E-state index in [4.69, 9.17) is 14.9 Å². The van der Waals surface area contributed by atoms with Crippen molar-refractivity contribution in [3.63, 3.8) is 0 Å². The average molecular weight is 278 g/mol. The number of nitro groups is 1. The van der Waals surface area contributed by atoms with Crippen molar-refractivity contribution < 1.29 is 14.1 Å². The molecule has 0 aliphatic carbocycles. The molecule has 0 saturated carbocycles. The smallest absolute Gasteiger partial charge is 0.311 e. The molecule has 1 atom stereocenters. The molecule has 0 radical (unpaired) electrons. The number of nitro benzene ring substituents is 1. The maximum Gasteiger partial charge on any atom is 0.311 e. The molecule has 0 aliphatic heterocycles. The van der Waals surface area contributed by atoms with Crippen molar-refractivity contribution in [1.82, 2.24) is 10.2 Å². The fraction of sp³-hybridized carbons (Fsp3) is 0.333. The highest BCUT2D eigenvalue weighted by Crippen LogP contribution is 2.32. The first-order chi connectivity index (χ1) is 9.56. The Balaban J connectivity index is 2.40. The van der Waals surface area contributed by atoms with Gasteiger partial charge < -0.3 is 14.9 Å². The molecule has 2 N–H and O–H groups in total. The fourth-order valence-corrected chi connectivity index (χ4v) is 1.64. The number of aromatic nitrogens is 2. The quantitative estimate of drug-likeness (QED) is 0.656. The molecular formula is C12H14N4O4. The van der Waals surface area contributed by atoms with Crippen LogP contribution < -0.4 is 10.5 Å². The molecule has 8 nitrogen and oxygen atoms in total. The fourth-order valence-electron chi connectivity index (χ4n) is 1.64. The van der Waals surface area contributed by atoms with Crippen LogP contribution in [0.5, 0.6) is 5.75 Å². The van der Waals surface area contributed by atoms with Gasteiger partial charge in [0.2, 0.25) is 11.8 Å². The average Bonchev–Trinajstić information content (AvgIpc) is 2.95. The van der Waals surface area contributed by atoms with E-state index in [0.29, 0.717) is 17.9 Å². The maximum atomic E-state index is 11.0. The summed E-state index contributed by atoms with van der Waals surface area (Å²) in [7, 11) is 1.37. The predicted octanol–water partition coefficient (Wildman–Crippen LogP) is 2.06. The zero-order valence-corrected chi connectivity index (χ0v) is 11.1. The minimum Gasteiger partial charge on any atom is -0.490 e. The Morgan fingerprint density at radius 2 is 2.25 bits per heavy atom. The monoisotopic (exact) mass is 278 g/mol. The van der Waals surface area contributed by atoms with E-state index in [1.807, 2.05) is 6.92 Å². The molecule has 2 rings (SSSR count). The van der Waals surface area contributed by atoms with Crippen LogP contribution >= 0.6 is 0 Å². The van der Waals surface area contributed by atoms with Gasteiger partial charge in [0, 0.05) is 11.6 Å². The number of hydrogen-bond donors (Lipinski definition) is 1. The number of benzene rings is 1. The third kappa shape index (κ3) is 2.59. The van der Waals surface area contributed by atoms with Gasteiger partial charge in [0.1, 0.15) is 0 Å². The highest BCUT2D eigenvalue weighted by Gasteiger charge is 2.19. The first-order valence-corrected chi connectivity index (χ1v) is 5.98. The van der Waals surface area contributed by atoms with Gasteiger partial charge in [-0.2, -0.15) is 0 Å². The second-order valence-electron chi connectivity index (χ2n) is 4.10. The molecule has 2 aromatic rings. The summed E-state index contributed by atoms with van der Waals surface area (Å²) in [5.41, 5.74) is 6.07. The largest absolute Gasteiger partial charge is 0.490 e. The van der Waals surface area contributed by atoms with E-state index in [2.05, 4.69) is 10.2 Å². The van der Waals surface area contributed by atoms with Gasteiger partial charge in [-0.1, -0.05) is 6.92 Å². The van der Waals surface area contributed by atoms with Gasteiger partial charge in [-0.25, -0.2) is 0 Å². The molecule has 106 valence electrons. The van der Waals surface area contributed by atoms with E-state index in [-0.39, 0.29) is 23.4 Å². The van der Waals surface area contributed by atoms with Crippen LogP contribution in [0.3, 0.4) is 0 Å². The first kappa shape index (κ1) is 13.9. The molecule has 1 unspecified atom stereocenters. The molecular weight excluding hydrogens is 264 g/mol. The van der Waals surface area contributed by atoms with Crippen LogP contribution in [0.2, 0.25) is 0 Å². The van der Waals surface area contributed by atoms with E-state index in [0.717, 1.165) is 0 Å². The number of ether oxygens (including phenoxy) is 1. The molecule has 20 heavy (non-hydrogen) atoms. The van der Waals surface area contributed by atoms with Gasteiger partial charge in [-0.3, -0.25) is 10.1 Å². The third-order valence-electron chi connectivity index (χ3n) is 2.82. The highest BCUT2D eigenvalue weighted by molar-refractivity contribution is 5.62. The van der Waals surface area contributed by atoms with Crippen molar-refractivity contribution in [1.29, 1.82) is 0 Å². The van der Waals surface area contributed by atoms with Crippen molar-refractivity contribution >= 4 is 5.69 Å². The van der Waals surface area contributed by atoms with Gasteiger partial charge >= 0.3 is 5.69 Å². The van der Waals surface area contributed by atoms with Crippen molar-refractivity contribution in [3.05, 3.63) is 34.2 Å². The molecule has 0 saturated heterocycles. The Hall–Kier alpha value is -2.48. The van der Waals surface area contributed by atoms with Crippen LogP contribution in [0.15, 0.2) is 22.6 Å². The maximum absolute atomic E-state index is 11.0. The number of hydrogen-bond acceptors (Lipinski definition) is 7. The summed E-state index contributed by atoms with van der Waals surface area (Å²) in [5.74, 6) is 0.666. The summed E-state index contributed by atoms with van der Waals surface area (Å²) >= 11 is 0. The first-order valence-electron chi connectivity index (χ1n) is 5.98. The molecule has 0 bridgehead atoms. The van der Waals surface area contributed by atoms with Gasteiger partial charge in [0.05, 0.1) is 18.1 Å². The SMILES string of the molecule is CCC(N)c1nnc(-c2ccc(OC)c([N+](=O)[O-])c2)o1. The molecule has 0 amide bonds. The lowest BCUT2D eigenvalue weighted by atomic mass is 10.2. The molecule has 1 heterocycles. The standard InChI is InChI=1S/C12H14N4O4/c1-3-8(13)12-15-14-11(20-12)7-4-5-10(19-2)9(6-7)16(17)18/h4-6,8H,3,13H2,1-2H3. The van der Waals surface area contributed by atoms with E-state index >= 15 is 0 Å². The van der Waals surface area contributed by atoms with Crippen LogP contribution in [0, 0.1) is 10.1 Å². The van der Waals surface area contributed by atoms with Gasteiger partial charge in [-0.15, -0.1) is 10.2 Å². The zero-order valence-electron chi connectivity index (χ0n) is 11.1. The van der Waals surface area contributed by atoms with Crippen molar-refractivity contribution in [2.24, 2.45) is 5.73 Å². The Labute approximate surface area is 114 Å². The second kappa shape index (κ2) is 5.66. The molecule has 0 aliphatic rings. The number of methoxy groups -OCH3 is 1. The number of nitrogens with zero attached hydrogens (tertiary/aromatic N) is 3. The van der Waals surface area contributed by atoms with Crippen molar-refractivity contribution in [3.8, 4) is 17.2 Å². The van der Waals surface area contributed by atoms with Crippen LogP contribution in [0.25, 0.3) is 11.5 Å². The van der Waals surface area contributed by atoms with E-state index in [9.17, 15) is 10.1 Å². The van der Waals surface area contributed by atoms with Gasteiger partial charge in [-0.05, 0) is 18.6 Å². The Bertz CT molecular complexity index is 626. The summed E-state index contributed by atoms with van der Waals surface area (Å²) in [6, 6.07) is 4.08. The predicted molar refractivity (Wildman–Crippen MR) is 70.2 cm³/mol. The minimum atomic E-state index is -0.530. The lowest BCUT2D eigenvalue weighted by Crippen LogP contribution is -2.08. The molecule has 8 heteroatoms. The lowest BCUT2D eigenvalue weighted by Gasteiger charge is -2.03. The normalized spacial score (nSPS) is 12.2. The van der Waals surface area contributed by atoms with Gasteiger partial charge in [0.25, 0.3) is 0 Å². The minimum absolute atomic E-state index is 0.162. The summed E-state index contributed by atoms with van der Waals surface area (Å²) in [5, 5.41) is 18.7. The Morgan fingerprint density at radius 3 is 2.85 bits per heavy atom. The summed E-state index contributed by atoms with van der Waals surface area (Å²) < 4.78 is 10.3. The number of nitrogens with two attached hydrogens (primary N) is 1. The topological polar surface area (TPSA) is 117 Å². The zero-order chi connectivity index (χ0) is 14.7.